The average Bonchev–Trinajstić information content (AvgIpc) is 2.66. The first kappa shape index (κ1) is 11.6. The van der Waals surface area contributed by atoms with E-state index in [4.69, 9.17) is 14.0 Å². The minimum atomic E-state index is -0.596. The smallest absolute Gasteiger partial charge is 0.397 e. The molecule has 0 saturated carbocycles. The monoisotopic (exact) mass is 214 g/mol. The van der Waals surface area contributed by atoms with E-state index in [0.717, 1.165) is 0 Å². The Labute approximate surface area is 87.6 Å². The van der Waals surface area contributed by atoms with Gasteiger partial charge in [-0.3, -0.25) is 0 Å². The van der Waals surface area contributed by atoms with Gasteiger partial charge in [0.15, 0.2) is 5.82 Å². The Morgan fingerprint density at radius 2 is 2.33 bits per heavy atom. The molecule has 6 heteroatoms. The second-order valence-electron chi connectivity index (χ2n) is 2.99. The third-order valence-corrected chi connectivity index (χ3v) is 1.79. The van der Waals surface area contributed by atoms with Crippen molar-refractivity contribution in [2.24, 2.45) is 0 Å². The van der Waals surface area contributed by atoms with Crippen molar-refractivity contribution >= 4 is 5.97 Å². The molecule has 1 aromatic heterocycles. The van der Waals surface area contributed by atoms with Gasteiger partial charge in [-0.2, -0.15) is 4.98 Å². The van der Waals surface area contributed by atoms with Crippen molar-refractivity contribution in [2.75, 3.05) is 13.7 Å². The zero-order valence-electron chi connectivity index (χ0n) is 9.02. The second kappa shape index (κ2) is 5.45. The van der Waals surface area contributed by atoms with Crippen LogP contribution in [0.4, 0.5) is 0 Å². The highest BCUT2D eigenvalue weighted by molar-refractivity contribution is 5.83. The molecule has 0 aliphatic carbocycles. The summed E-state index contributed by atoms with van der Waals surface area (Å²) in [4.78, 5) is 15.0. The van der Waals surface area contributed by atoms with Gasteiger partial charge in [0, 0.05) is 13.5 Å². The molecule has 1 atom stereocenters. The lowest BCUT2D eigenvalue weighted by atomic mass is 10.3. The second-order valence-corrected chi connectivity index (χ2v) is 2.99. The highest BCUT2D eigenvalue weighted by Gasteiger charge is 2.17. The van der Waals surface area contributed by atoms with Crippen molar-refractivity contribution in [3.8, 4) is 0 Å². The molecule has 0 aromatic carbocycles. The molecule has 1 unspecified atom stereocenters. The van der Waals surface area contributed by atoms with E-state index >= 15 is 0 Å². The van der Waals surface area contributed by atoms with Crippen LogP contribution < -0.4 is 0 Å². The summed E-state index contributed by atoms with van der Waals surface area (Å²) in [5.74, 6) is -0.274. The van der Waals surface area contributed by atoms with Gasteiger partial charge < -0.3 is 14.0 Å². The molecule has 6 nitrogen and oxygen atoms in total. The zero-order chi connectivity index (χ0) is 11.3. The van der Waals surface area contributed by atoms with Crippen molar-refractivity contribution in [3.63, 3.8) is 0 Å². The van der Waals surface area contributed by atoms with Gasteiger partial charge in [-0.05, 0) is 13.8 Å². The fourth-order valence-electron chi connectivity index (χ4n) is 0.953. The number of methoxy groups -OCH3 is 1. The van der Waals surface area contributed by atoms with Crippen LogP contribution in [-0.4, -0.2) is 35.9 Å². The standard InChI is InChI=1S/C9H14N2O4/c1-4-14-9(12)8-10-7(11-15-8)5-6(2)13-3/h6H,4-5H2,1-3H3. The number of hydrogen-bond donors (Lipinski definition) is 0. The first-order chi connectivity index (χ1) is 7.17. The van der Waals surface area contributed by atoms with Crippen molar-refractivity contribution in [1.29, 1.82) is 0 Å². The van der Waals surface area contributed by atoms with E-state index in [1.807, 2.05) is 6.92 Å². The predicted octanol–water partition coefficient (Wildman–Crippen LogP) is 0.824. The summed E-state index contributed by atoms with van der Waals surface area (Å²) in [6.07, 6.45) is 0.483. The summed E-state index contributed by atoms with van der Waals surface area (Å²) in [6.45, 7) is 3.87. The minimum Gasteiger partial charge on any atom is -0.459 e. The van der Waals surface area contributed by atoms with Gasteiger partial charge in [0.05, 0.1) is 12.7 Å². The number of ether oxygens (including phenoxy) is 2. The topological polar surface area (TPSA) is 74.5 Å². The van der Waals surface area contributed by atoms with Crippen LogP contribution in [-0.2, 0) is 15.9 Å². The number of rotatable bonds is 5. The number of esters is 1. The van der Waals surface area contributed by atoms with Gasteiger partial charge in [-0.15, -0.1) is 0 Å². The number of carbonyl (C=O) groups excluding carboxylic acids is 1. The molecule has 0 N–H and O–H groups in total. The Hall–Kier alpha value is -1.43. The van der Waals surface area contributed by atoms with E-state index in [-0.39, 0.29) is 18.6 Å². The number of hydrogen-bond acceptors (Lipinski definition) is 6. The summed E-state index contributed by atoms with van der Waals surface area (Å²) in [6, 6.07) is 0. The highest BCUT2D eigenvalue weighted by Crippen LogP contribution is 2.03. The summed E-state index contributed by atoms with van der Waals surface area (Å²) >= 11 is 0. The molecule has 0 bridgehead atoms. The maximum Gasteiger partial charge on any atom is 0.397 e. The van der Waals surface area contributed by atoms with Crippen molar-refractivity contribution < 1.29 is 18.8 Å². The molecule has 0 spiro atoms. The molecule has 0 aliphatic rings. The Morgan fingerprint density at radius 3 is 2.93 bits per heavy atom. The van der Waals surface area contributed by atoms with E-state index in [2.05, 4.69) is 10.1 Å². The van der Waals surface area contributed by atoms with Gasteiger partial charge in [-0.25, -0.2) is 4.79 Å². The van der Waals surface area contributed by atoms with E-state index in [0.29, 0.717) is 12.2 Å². The van der Waals surface area contributed by atoms with Crippen LogP contribution in [0, 0.1) is 0 Å². The quantitative estimate of drug-likeness (QED) is 0.675. The number of nitrogens with zero attached hydrogens (tertiary/aromatic N) is 2. The molecule has 15 heavy (non-hydrogen) atoms. The van der Waals surface area contributed by atoms with Crippen molar-refractivity contribution in [1.82, 2.24) is 10.1 Å². The van der Waals surface area contributed by atoms with Gasteiger partial charge in [0.2, 0.25) is 0 Å². The fourth-order valence-corrected chi connectivity index (χ4v) is 0.953. The first-order valence-corrected chi connectivity index (χ1v) is 4.69. The summed E-state index contributed by atoms with van der Waals surface area (Å²) in [5, 5.41) is 3.64. The molecule has 1 aromatic rings. The molecule has 1 rings (SSSR count). The maximum absolute atomic E-state index is 11.2. The van der Waals surface area contributed by atoms with E-state index < -0.39 is 5.97 Å². The van der Waals surface area contributed by atoms with Crippen LogP contribution in [0.1, 0.15) is 30.4 Å². The SMILES string of the molecule is CCOC(=O)c1nc(CC(C)OC)no1. The molecule has 0 fully saturated rings. The van der Waals surface area contributed by atoms with Crippen LogP contribution in [0.25, 0.3) is 0 Å². The van der Waals surface area contributed by atoms with Gasteiger partial charge in [-0.1, -0.05) is 5.16 Å². The van der Waals surface area contributed by atoms with E-state index in [1.165, 1.54) is 0 Å². The largest absolute Gasteiger partial charge is 0.459 e. The normalized spacial score (nSPS) is 12.5. The Morgan fingerprint density at radius 1 is 1.60 bits per heavy atom. The van der Waals surface area contributed by atoms with E-state index in [1.54, 1.807) is 14.0 Å². The Bertz CT molecular complexity index is 324. The van der Waals surface area contributed by atoms with Crippen LogP contribution in [0.2, 0.25) is 0 Å². The molecule has 0 saturated heterocycles. The van der Waals surface area contributed by atoms with E-state index in [9.17, 15) is 4.79 Å². The molecule has 1 heterocycles. The third kappa shape index (κ3) is 3.32. The van der Waals surface area contributed by atoms with Crippen molar-refractivity contribution in [2.45, 2.75) is 26.4 Å². The lowest BCUT2D eigenvalue weighted by Gasteiger charge is -2.03. The van der Waals surface area contributed by atoms with Gasteiger partial charge >= 0.3 is 11.9 Å². The molecular formula is C9H14N2O4. The minimum absolute atomic E-state index is 0.0161. The number of aromatic nitrogens is 2. The molecule has 0 amide bonds. The Kier molecular flexibility index (Phi) is 4.23. The maximum atomic E-state index is 11.2. The Balaban J connectivity index is 2.59. The molecule has 84 valence electrons. The van der Waals surface area contributed by atoms with Crippen molar-refractivity contribution in [3.05, 3.63) is 11.7 Å². The summed E-state index contributed by atoms with van der Waals surface area (Å²) in [5.41, 5.74) is 0. The lowest BCUT2D eigenvalue weighted by molar-refractivity contribution is 0.0470. The zero-order valence-corrected chi connectivity index (χ0v) is 9.02. The molecule has 0 aliphatic heterocycles. The van der Waals surface area contributed by atoms with Crippen LogP contribution in [0.15, 0.2) is 4.52 Å². The third-order valence-electron chi connectivity index (χ3n) is 1.79. The lowest BCUT2D eigenvalue weighted by Crippen LogP contribution is -2.10. The summed E-state index contributed by atoms with van der Waals surface area (Å²) in [7, 11) is 1.59. The predicted molar refractivity (Wildman–Crippen MR) is 50.4 cm³/mol. The van der Waals surface area contributed by atoms with Gasteiger partial charge in [0.25, 0.3) is 0 Å². The first-order valence-electron chi connectivity index (χ1n) is 4.69. The highest BCUT2D eigenvalue weighted by atomic mass is 16.6. The molecule has 0 radical (unpaired) electrons. The van der Waals surface area contributed by atoms with Crippen LogP contribution in [0.5, 0.6) is 0 Å². The fraction of sp³-hybridized carbons (Fsp3) is 0.667. The molecular weight excluding hydrogens is 200 g/mol. The number of carbonyl (C=O) groups is 1. The average molecular weight is 214 g/mol. The van der Waals surface area contributed by atoms with Gasteiger partial charge in [0.1, 0.15) is 0 Å². The summed E-state index contributed by atoms with van der Waals surface area (Å²) < 4.78 is 14.5. The van der Waals surface area contributed by atoms with Crippen LogP contribution >= 0.6 is 0 Å². The van der Waals surface area contributed by atoms with Crippen LogP contribution in [0.3, 0.4) is 0 Å².